The number of amides is 2. The van der Waals surface area contributed by atoms with Gasteiger partial charge >= 0.3 is 12.4 Å². The number of halogens is 3. The van der Waals surface area contributed by atoms with E-state index >= 15 is 0 Å². The molecular formula is C29H30F3N7O2. The van der Waals surface area contributed by atoms with Crippen molar-refractivity contribution in [1.82, 2.24) is 19.9 Å². The molecule has 2 amide bonds. The van der Waals surface area contributed by atoms with Gasteiger partial charge in [0.1, 0.15) is 17.4 Å². The van der Waals surface area contributed by atoms with Crippen LogP contribution in [0, 0.1) is 6.92 Å². The van der Waals surface area contributed by atoms with E-state index in [2.05, 4.69) is 30.0 Å². The molecule has 2 aromatic heterocycles. The Morgan fingerprint density at radius 2 is 1.95 bits per heavy atom. The van der Waals surface area contributed by atoms with Crippen LogP contribution < -0.4 is 15.1 Å². The Kier molecular flexibility index (Phi) is 6.92. The molecule has 12 heteroatoms. The number of nitrogens with zero attached hydrogens (tertiary/aromatic N) is 5. The van der Waals surface area contributed by atoms with Crippen molar-refractivity contribution in [2.75, 3.05) is 22.2 Å². The van der Waals surface area contributed by atoms with Crippen LogP contribution in [0.25, 0.3) is 17.0 Å². The smallest absolute Gasteiger partial charge is 0.405 e. The fraction of sp³-hybridized carbons (Fsp3) is 0.379. The lowest BCUT2D eigenvalue weighted by atomic mass is 10.0. The van der Waals surface area contributed by atoms with Gasteiger partial charge in [0.05, 0.1) is 18.4 Å². The number of aryl methyl sites for hydroxylation is 1. The van der Waals surface area contributed by atoms with Gasteiger partial charge in [0.2, 0.25) is 5.95 Å². The van der Waals surface area contributed by atoms with Gasteiger partial charge in [-0.2, -0.15) is 4.98 Å². The first-order valence-electron chi connectivity index (χ1n) is 13.7. The number of aromatic nitrogens is 4. The highest BCUT2D eigenvalue weighted by Crippen LogP contribution is 2.36. The van der Waals surface area contributed by atoms with Gasteiger partial charge < -0.3 is 15.0 Å². The molecule has 6 rings (SSSR count). The van der Waals surface area contributed by atoms with Crippen molar-refractivity contribution in [2.45, 2.75) is 64.4 Å². The van der Waals surface area contributed by atoms with E-state index in [1.807, 2.05) is 25.1 Å². The Labute approximate surface area is 235 Å². The average molecular weight is 566 g/mol. The van der Waals surface area contributed by atoms with Gasteiger partial charge in [-0.3, -0.25) is 9.80 Å². The van der Waals surface area contributed by atoms with E-state index in [0.29, 0.717) is 65.5 Å². The summed E-state index contributed by atoms with van der Waals surface area (Å²) < 4.78 is 43.1. The van der Waals surface area contributed by atoms with Crippen molar-refractivity contribution in [3.05, 3.63) is 65.3 Å². The van der Waals surface area contributed by atoms with Crippen molar-refractivity contribution in [1.29, 1.82) is 0 Å². The van der Waals surface area contributed by atoms with Crippen LogP contribution in [0.3, 0.4) is 0 Å². The van der Waals surface area contributed by atoms with Gasteiger partial charge in [0, 0.05) is 41.7 Å². The summed E-state index contributed by atoms with van der Waals surface area (Å²) in [6.07, 6.45) is 7.01. The van der Waals surface area contributed by atoms with Gasteiger partial charge in [-0.05, 0) is 50.3 Å². The fourth-order valence-electron chi connectivity index (χ4n) is 5.62. The average Bonchev–Trinajstić information content (AvgIpc) is 3.64. The second-order valence-corrected chi connectivity index (χ2v) is 10.6. The molecule has 3 aromatic rings. The SMILES string of the molecule is Cc1ccc(-c2ncc(C3=C(OC(F)(F)F)C=CCC3)[nH]2)cc1N1Cc2cnc(NC3CCCC3)nc2N(C)C1=O. The lowest BCUT2D eigenvalue weighted by molar-refractivity contribution is -0.303. The first kappa shape index (κ1) is 26.9. The quantitative estimate of drug-likeness (QED) is 0.345. The van der Waals surface area contributed by atoms with Crippen molar-refractivity contribution in [3.8, 4) is 11.4 Å². The molecule has 214 valence electrons. The van der Waals surface area contributed by atoms with Crippen molar-refractivity contribution in [2.24, 2.45) is 0 Å². The standard InChI is InChI=1S/C29H30F3N7O2/c1-17-11-12-18(25-33-15-22(36-25)21-9-5-6-10-24(21)41-29(30,31)32)13-23(17)39-16-19-14-34-27(35-20-7-3-4-8-20)37-26(19)38(2)28(39)40/h6,10-15,20H,3-5,7-9,16H2,1-2H3,(H,33,36)(H,34,35,37). The monoisotopic (exact) mass is 565 g/mol. The molecule has 1 saturated carbocycles. The first-order chi connectivity index (χ1) is 19.7. The number of fused-ring (bicyclic) bond motifs is 1. The number of hydrogen-bond donors (Lipinski definition) is 2. The van der Waals surface area contributed by atoms with Crippen LogP contribution in [-0.2, 0) is 11.3 Å². The summed E-state index contributed by atoms with van der Waals surface area (Å²) in [4.78, 5) is 33.5. The number of ether oxygens (including phenoxy) is 1. The molecule has 0 unspecified atom stereocenters. The number of aromatic amines is 1. The third-order valence-electron chi connectivity index (χ3n) is 7.72. The highest BCUT2D eigenvalue weighted by Gasteiger charge is 2.34. The molecule has 3 heterocycles. The molecule has 0 saturated heterocycles. The molecule has 0 bridgehead atoms. The van der Waals surface area contributed by atoms with Gasteiger partial charge in [-0.1, -0.05) is 31.1 Å². The summed E-state index contributed by atoms with van der Waals surface area (Å²) in [6.45, 7) is 2.22. The molecule has 41 heavy (non-hydrogen) atoms. The van der Waals surface area contributed by atoms with Crippen molar-refractivity contribution in [3.63, 3.8) is 0 Å². The molecule has 2 aliphatic carbocycles. The predicted octanol–water partition coefficient (Wildman–Crippen LogP) is 6.70. The number of carbonyl (C=O) groups excluding carboxylic acids is 1. The third-order valence-corrected chi connectivity index (χ3v) is 7.72. The Balaban J connectivity index is 1.27. The Morgan fingerprint density at radius 1 is 1.15 bits per heavy atom. The molecule has 0 radical (unpaired) electrons. The molecule has 3 aliphatic rings. The number of H-pyrrole nitrogens is 1. The number of urea groups is 1. The number of carbonyl (C=O) groups is 1. The molecule has 1 aliphatic heterocycles. The van der Waals surface area contributed by atoms with Crippen LogP contribution in [0.2, 0.25) is 0 Å². The minimum atomic E-state index is -4.79. The first-order valence-corrected chi connectivity index (χ1v) is 13.7. The van der Waals surface area contributed by atoms with Gasteiger partial charge in [0.15, 0.2) is 0 Å². The van der Waals surface area contributed by atoms with E-state index in [9.17, 15) is 18.0 Å². The number of benzene rings is 1. The maximum absolute atomic E-state index is 13.5. The molecule has 0 spiro atoms. The topological polar surface area (TPSA) is 99.3 Å². The summed E-state index contributed by atoms with van der Waals surface area (Å²) in [5, 5.41) is 3.39. The zero-order chi connectivity index (χ0) is 28.7. The summed E-state index contributed by atoms with van der Waals surface area (Å²) >= 11 is 0. The zero-order valence-electron chi connectivity index (χ0n) is 22.8. The highest BCUT2D eigenvalue weighted by molar-refractivity contribution is 6.05. The van der Waals surface area contributed by atoms with E-state index in [-0.39, 0.29) is 11.8 Å². The molecule has 1 fully saturated rings. The summed E-state index contributed by atoms with van der Waals surface area (Å²) in [5.74, 6) is 1.34. The van der Waals surface area contributed by atoms with Crippen LogP contribution in [0.4, 0.5) is 35.4 Å². The van der Waals surface area contributed by atoms with E-state index in [1.165, 1.54) is 30.0 Å². The maximum Gasteiger partial charge on any atom is 0.573 e. The molecular weight excluding hydrogens is 535 g/mol. The van der Waals surface area contributed by atoms with Gasteiger partial charge in [-0.15, -0.1) is 13.2 Å². The Bertz CT molecular complexity index is 1540. The largest absolute Gasteiger partial charge is 0.573 e. The van der Waals surface area contributed by atoms with Crippen LogP contribution >= 0.6 is 0 Å². The van der Waals surface area contributed by atoms with Gasteiger partial charge in [0.25, 0.3) is 0 Å². The number of allylic oxidation sites excluding steroid dienone is 3. The van der Waals surface area contributed by atoms with Crippen molar-refractivity contribution >= 4 is 29.1 Å². The van der Waals surface area contributed by atoms with Crippen molar-refractivity contribution < 1.29 is 22.7 Å². The van der Waals surface area contributed by atoms with E-state index in [1.54, 1.807) is 24.2 Å². The lowest BCUT2D eigenvalue weighted by Crippen LogP contribution is -2.46. The summed E-state index contributed by atoms with van der Waals surface area (Å²) in [6, 6.07) is 5.74. The fourth-order valence-corrected chi connectivity index (χ4v) is 5.62. The number of anilines is 3. The maximum atomic E-state index is 13.5. The number of imidazole rings is 1. The second-order valence-electron chi connectivity index (χ2n) is 10.6. The minimum Gasteiger partial charge on any atom is -0.405 e. The number of nitrogens with one attached hydrogen (secondary N) is 2. The predicted molar refractivity (Wildman–Crippen MR) is 149 cm³/mol. The summed E-state index contributed by atoms with van der Waals surface area (Å²) in [7, 11) is 1.70. The van der Waals surface area contributed by atoms with E-state index in [0.717, 1.165) is 24.0 Å². The van der Waals surface area contributed by atoms with Crippen LogP contribution in [0.15, 0.2) is 48.5 Å². The van der Waals surface area contributed by atoms with Crippen LogP contribution in [0.5, 0.6) is 0 Å². The third kappa shape index (κ3) is 5.50. The normalized spacial score (nSPS) is 17.8. The van der Waals surface area contributed by atoms with E-state index in [4.69, 9.17) is 0 Å². The van der Waals surface area contributed by atoms with Crippen LogP contribution in [-0.4, -0.2) is 45.4 Å². The Hall–Kier alpha value is -4.35. The number of rotatable bonds is 6. The number of alkyl halides is 3. The van der Waals surface area contributed by atoms with Crippen LogP contribution in [0.1, 0.15) is 55.3 Å². The number of hydrogen-bond acceptors (Lipinski definition) is 6. The zero-order valence-corrected chi connectivity index (χ0v) is 22.8. The molecule has 9 nitrogen and oxygen atoms in total. The van der Waals surface area contributed by atoms with Gasteiger partial charge in [-0.25, -0.2) is 14.8 Å². The second kappa shape index (κ2) is 10.6. The summed E-state index contributed by atoms with van der Waals surface area (Å²) in [5.41, 5.74) is 3.94. The highest BCUT2D eigenvalue weighted by atomic mass is 19.4. The minimum absolute atomic E-state index is 0.225. The molecule has 0 atom stereocenters. The Morgan fingerprint density at radius 3 is 2.73 bits per heavy atom. The van der Waals surface area contributed by atoms with E-state index < -0.39 is 6.36 Å². The lowest BCUT2D eigenvalue weighted by Gasteiger charge is -2.35. The molecule has 2 N–H and O–H groups in total. The molecule has 1 aromatic carbocycles.